The second kappa shape index (κ2) is 11.6. The first kappa shape index (κ1) is 22.1. The summed E-state index contributed by atoms with van der Waals surface area (Å²) in [5.41, 5.74) is 0.585. The normalized spacial score (nSPS) is 10.7. The highest BCUT2D eigenvalue weighted by Crippen LogP contribution is 2.18. The molecular formula is C21H19BrN2O5. The van der Waals surface area contributed by atoms with Crippen LogP contribution in [0, 0.1) is 11.3 Å². The summed E-state index contributed by atoms with van der Waals surface area (Å²) < 4.78 is 16.3. The molecule has 1 N–H and O–H groups in total. The molecular weight excluding hydrogens is 440 g/mol. The Bertz CT molecular complexity index is 919. The van der Waals surface area contributed by atoms with Crippen molar-refractivity contribution in [3.8, 4) is 17.6 Å². The summed E-state index contributed by atoms with van der Waals surface area (Å²) in [6.07, 6.45) is 1.45. The van der Waals surface area contributed by atoms with E-state index in [0.29, 0.717) is 30.2 Å². The van der Waals surface area contributed by atoms with Crippen LogP contribution in [-0.2, 0) is 14.3 Å². The van der Waals surface area contributed by atoms with Gasteiger partial charge in [-0.15, -0.1) is 0 Å². The number of amides is 1. The highest BCUT2D eigenvalue weighted by Gasteiger charge is 2.09. The lowest BCUT2D eigenvalue weighted by Crippen LogP contribution is -2.27. The largest absolute Gasteiger partial charge is 0.482 e. The number of rotatable bonds is 9. The van der Waals surface area contributed by atoms with Crippen molar-refractivity contribution in [2.75, 3.05) is 26.9 Å². The number of benzene rings is 2. The monoisotopic (exact) mass is 458 g/mol. The van der Waals surface area contributed by atoms with Crippen LogP contribution in [0.1, 0.15) is 5.56 Å². The number of ether oxygens (including phenoxy) is 3. The smallest absolute Gasteiger partial charge is 0.349 e. The first-order chi connectivity index (χ1) is 14.0. The lowest BCUT2D eigenvalue weighted by Gasteiger charge is -2.07. The van der Waals surface area contributed by atoms with Crippen LogP contribution in [0.15, 0.2) is 58.6 Å². The number of nitrogens with zero attached hydrogens (tertiary/aromatic N) is 1. The number of esters is 1. The zero-order valence-electron chi connectivity index (χ0n) is 15.7. The first-order valence-electron chi connectivity index (χ1n) is 8.60. The van der Waals surface area contributed by atoms with Crippen molar-refractivity contribution in [2.45, 2.75) is 0 Å². The van der Waals surface area contributed by atoms with Crippen molar-refractivity contribution in [1.29, 1.82) is 5.26 Å². The maximum Gasteiger partial charge on any atom is 0.349 e. The number of hydrogen-bond acceptors (Lipinski definition) is 6. The molecule has 8 heteroatoms. The van der Waals surface area contributed by atoms with Crippen LogP contribution in [0.25, 0.3) is 6.08 Å². The van der Waals surface area contributed by atoms with Gasteiger partial charge in [0.05, 0.1) is 6.61 Å². The highest BCUT2D eigenvalue weighted by atomic mass is 79.9. The number of carbonyl (C=O) groups excluding carboxylic acids is 2. The molecule has 0 aliphatic carbocycles. The molecule has 0 unspecified atom stereocenters. The van der Waals surface area contributed by atoms with Gasteiger partial charge in [0.15, 0.2) is 6.61 Å². The first-order valence-corrected chi connectivity index (χ1v) is 9.39. The Kier molecular flexibility index (Phi) is 8.89. The van der Waals surface area contributed by atoms with Gasteiger partial charge >= 0.3 is 5.97 Å². The third-order valence-electron chi connectivity index (χ3n) is 3.53. The molecule has 0 aromatic heterocycles. The summed E-state index contributed by atoms with van der Waals surface area (Å²) in [5, 5.41) is 11.7. The van der Waals surface area contributed by atoms with Gasteiger partial charge in [-0.05, 0) is 42.0 Å². The Labute approximate surface area is 177 Å². The summed E-state index contributed by atoms with van der Waals surface area (Å²) in [6, 6.07) is 15.4. The van der Waals surface area contributed by atoms with Gasteiger partial charge in [-0.2, -0.15) is 5.26 Å². The molecule has 1 amide bonds. The predicted octanol–water partition coefficient (Wildman–Crippen LogP) is 3.10. The van der Waals surface area contributed by atoms with Crippen LogP contribution in [-0.4, -0.2) is 38.7 Å². The average Bonchev–Trinajstić information content (AvgIpc) is 2.72. The summed E-state index contributed by atoms with van der Waals surface area (Å²) in [4.78, 5) is 23.8. The zero-order chi connectivity index (χ0) is 21.1. The number of nitrogens with one attached hydrogen (secondary N) is 1. The SMILES string of the molecule is COCCNC(=O)/C(C#N)=C/c1ccc(OC(=O)COc2cccc(Br)c2)cc1. The molecule has 0 heterocycles. The Morgan fingerprint density at radius 1 is 1.17 bits per heavy atom. The summed E-state index contributed by atoms with van der Waals surface area (Å²) in [5.74, 6) is -0.161. The minimum atomic E-state index is -0.552. The van der Waals surface area contributed by atoms with Crippen molar-refractivity contribution >= 4 is 33.9 Å². The Morgan fingerprint density at radius 3 is 2.59 bits per heavy atom. The van der Waals surface area contributed by atoms with E-state index >= 15 is 0 Å². The van der Waals surface area contributed by atoms with Gasteiger partial charge < -0.3 is 19.5 Å². The van der Waals surface area contributed by atoms with E-state index in [1.165, 1.54) is 13.2 Å². The van der Waals surface area contributed by atoms with Crippen molar-refractivity contribution in [3.63, 3.8) is 0 Å². The number of nitriles is 1. The molecule has 0 saturated heterocycles. The molecule has 0 radical (unpaired) electrons. The van der Waals surface area contributed by atoms with Crippen LogP contribution < -0.4 is 14.8 Å². The van der Waals surface area contributed by atoms with Crippen molar-refractivity contribution in [3.05, 3.63) is 64.1 Å². The molecule has 150 valence electrons. The molecule has 0 aliphatic heterocycles. The molecule has 2 aromatic rings. The highest BCUT2D eigenvalue weighted by molar-refractivity contribution is 9.10. The van der Waals surface area contributed by atoms with E-state index in [1.807, 2.05) is 12.1 Å². The van der Waals surface area contributed by atoms with E-state index in [0.717, 1.165) is 4.47 Å². The number of hydrogen-bond donors (Lipinski definition) is 1. The van der Waals surface area contributed by atoms with E-state index in [1.54, 1.807) is 42.5 Å². The van der Waals surface area contributed by atoms with Gasteiger partial charge in [-0.1, -0.05) is 34.1 Å². The van der Waals surface area contributed by atoms with E-state index in [4.69, 9.17) is 19.5 Å². The van der Waals surface area contributed by atoms with Crippen LogP contribution in [0.2, 0.25) is 0 Å². The van der Waals surface area contributed by atoms with E-state index in [9.17, 15) is 9.59 Å². The zero-order valence-corrected chi connectivity index (χ0v) is 17.3. The molecule has 7 nitrogen and oxygen atoms in total. The lowest BCUT2D eigenvalue weighted by molar-refractivity contribution is -0.136. The quantitative estimate of drug-likeness (QED) is 0.204. The van der Waals surface area contributed by atoms with Crippen LogP contribution in [0.5, 0.6) is 11.5 Å². The molecule has 0 saturated carbocycles. The minimum Gasteiger partial charge on any atom is -0.482 e. The van der Waals surface area contributed by atoms with Crippen LogP contribution in [0.4, 0.5) is 0 Å². The number of carbonyl (C=O) groups is 2. The maximum absolute atomic E-state index is 11.9. The van der Waals surface area contributed by atoms with Gasteiger partial charge in [-0.3, -0.25) is 4.79 Å². The second-order valence-electron chi connectivity index (χ2n) is 5.71. The fourth-order valence-electron chi connectivity index (χ4n) is 2.17. The van der Waals surface area contributed by atoms with E-state index < -0.39 is 11.9 Å². The Hall–Kier alpha value is -3.15. The molecule has 2 aromatic carbocycles. The van der Waals surface area contributed by atoms with E-state index in [2.05, 4.69) is 21.2 Å². The average molecular weight is 459 g/mol. The standard InChI is InChI=1S/C21H19BrN2O5/c1-27-10-9-24-21(26)16(13-23)11-15-5-7-18(8-6-15)29-20(25)14-28-19-4-2-3-17(22)12-19/h2-8,11-12H,9-10,14H2,1H3,(H,24,26)/b16-11+. The number of methoxy groups -OCH3 is 1. The Morgan fingerprint density at radius 2 is 1.93 bits per heavy atom. The molecule has 2 rings (SSSR count). The summed E-state index contributed by atoms with van der Waals surface area (Å²) in [6.45, 7) is 0.430. The van der Waals surface area contributed by atoms with Gasteiger partial charge in [0.1, 0.15) is 23.1 Å². The van der Waals surface area contributed by atoms with Crippen molar-refractivity contribution in [1.82, 2.24) is 5.32 Å². The van der Waals surface area contributed by atoms with Gasteiger partial charge in [-0.25, -0.2) is 4.79 Å². The fourth-order valence-corrected chi connectivity index (χ4v) is 2.55. The summed E-state index contributed by atoms with van der Waals surface area (Å²) in [7, 11) is 1.52. The lowest BCUT2D eigenvalue weighted by atomic mass is 10.1. The second-order valence-corrected chi connectivity index (χ2v) is 6.62. The fraction of sp³-hybridized carbons (Fsp3) is 0.190. The molecule has 29 heavy (non-hydrogen) atoms. The molecule has 0 bridgehead atoms. The van der Waals surface area contributed by atoms with Gasteiger partial charge in [0.2, 0.25) is 0 Å². The summed E-state index contributed by atoms with van der Waals surface area (Å²) >= 11 is 3.32. The van der Waals surface area contributed by atoms with E-state index in [-0.39, 0.29) is 12.2 Å². The third kappa shape index (κ3) is 7.78. The molecule has 0 fully saturated rings. The van der Waals surface area contributed by atoms with Gasteiger partial charge in [0, 0.05) is 18.1 Å². The molecule has 0 aliphatic rings. The topological polar surface area (TPSA) is 97.6 Å². The predicted molar refractivity (Wildman–Crippen MR) is 110 cm³/mol. The maximum atomic E-state index is 11.9. The minimum absolute atomic E-state index is 0.0340. The number of halogens is 1. The molecule has 0 atom stereocenters. The van der Waals surface area contributed by atoms with Crippen LogP contribution >= 0.6 is 15.9 Å². The van der Waals surface area contributed by atoms with Crippen molar-refractivity contribution in [2.24, 2.45) is 0 Å². The van der Waals surface area contributed by atoms with Gasteiger partial charge in [0.25, 0.3) is 5.91 Å². The third-order valence-corrected chi connectivity index (χ3v) is 4.03. The Balaban J connectivity index is 1.90. The molecule has 0 spiro atoms. The van der Waals surface area contributed by atoms with Crippen molar-refractivity contribution < 1.29 is 23.8 Å². The van der Waals surface area contributed by atoms with Crippen LogP contribution in [0.3, 0.4) is 0 Å².